The van der Waals surface area contributed by atoms with Crippen LogP contribution in [0.15, 0.2) is 0 Å². The average Bonchev–Trinajstić information content (AvgIpc) is 2.32. The van der Waals surface area contributed by atoms with Crippen molar-refractivity contribution in [3.05, 3.63) is 0 Å². The molecule has 1 heterocycles. The van der Waals surface area contributed by atoms with E-state index in [2.05, 4.69) is 20.8 Å². The third-order valence-corrected chi connectivity index (χ3v) is 1.53. The van der Waals surface area contributed by atoms with Gasteiger partial charge in [-0.05, 0) is 17.4 Å². The molecule has 1 aromatic heterocycles. The van der Waals surface area contributed by atoms with Crippen LogP contribution < -0.4 is 5.32 Å². The van der Waals surface area contributed by atoms with E-state index < -0.39 is 18.6 Å². The molecule has 1 aromatic rings. The van der Waals surface area contributed by atoms with Gasteiger partial charge in [0.05, 0.1) is 6.42 Å². The number of aromatic nitrogens is 4. The average molecular weight is 209 g/mol. The first-order valence-corrected chi connectivity index (χ1v) is 3.94. The van der Waals surface area contributed by atoms with E-state index in [1.165, 1.54) is 11.6 Å². The molecule has 1 N–H and O–H groups in total. The van der Waals surface area contributed by atoms with Gasteiger partial charge in [0.25, 0.3) is 0 Å². The van der Waals surface area contributed by atoms with Gasteiger partial charge in [-0.2, -0.15) is 13.2 Å². The summed E-state index contributed by atoms with van der Waals surface area (Å²) < 4.78 is 37.1. The van der Waals surface area contributed by atoms with Crippen molar-refractivity contribution in [2.75, 3.05) is 5.32 Å². The Hall–Kier alpha value is -1.34. The van der Waals surface area contributed by atoms with Crippen molar-refractivity contribution < 1.29 is 13.2 Å². The molecule has 8 heteroatoms. The minimum absolute atomic E-state index is 0.224. The molecule has 80 valence electrons. The molecule has 0 radical (unpaired) electrons. The molecule has 0 aromatic carbocycles. The van der Waals surface area contributed by atoms with Crippen LogP contribution in [-0.2, 0) is 7.05 Å². The van der Waals surface area contributed by atoms with Crippen LogP contribution in [0.25, 0.3) is 0 Å². The molecule has 0 saturated carbocycles. The number of rotatable bonds is 3. The van der Waals surface area contributed by atoms with E-state index in [1.54, 1.807) is 7.05 Å². The Labute approximate surface area is 78.3 Å². The van der Waals surface area contributed by atoms with Crippen LogP contribution in [0.3, 0.4) is 0 Å². The van der Waals surface area contributed by atoms with Crippen molar-refractivity contribution in [1.29, 1.82) is 0 Å². The van der Waals surface area contributed by atoms with Gasteiger partial charge in [-0.15, -0.1) is 0 Å². The summed E-state index contributed by atoms with van der Waals surface area (Å²) in [7, 11) is 1.54. The lowest BCUT2D eigenvalue weighted by molar-refractivity contribution is -0.136. The monoisotopic (exact) mass is 209 g/mol. The molecule has 1 unspecified atom stereocenters. The molecule has 0 bridgehead atoms. The van der Waals surface area contributed by atoms with Crippen molar-refractivity contribution in [2.45, 2.75) is 25.6 Å². The molecular formula is C6H10F3N5. The number of anilines is 1. The second-order valence-electron chi connectivity index (χ2n) is 2.99. The Morgan fingerprint density at radius 1 is 1.50 bits per heavy atom. The van der Waals surface area contributed by atoms with Gasteiger partial charge in [0, 0.05) is 13.1 Å². The standard InChI is InChI=1S/C6H10F3N5/c1-4(3-6(7,8)9)10-5-11-12-13-14(5)2/h4H,3H2,1-2H3,(H,10,11,13). The highest BCUT2D eigenvalue weighted by molar-refractivity contribution is 5.22. The highest BCUT2D eigenvalue weighted by Gasteiger charge is 2.30. The van der Waals surface area contributed by atoms with E-state index in [4.69, 9.17) is 0 Å². The number of hydrogen-bond acceptors (Lipinski definition) is 4. The summed E-state index contributed by atoms with van der Waals surface area (Å²) in [5.41, 5.74) is 0. The van der Waals surface area contributed by atoms with Crippen molar-refractivity contribution in [1.82, 2.24) is 20.2 Å². The molecule has 0 aliphatic carbocycles. The van der Waals surface area contributed by atoms with Gasteiger partial charge in [-0.3, -0.25) is 0 Å². The second-order valence-corrected chi connectivity index (χ2v) is 2.99. The molecular weight excluding hydrogens is 199 g/mol. The Balaban J connectivity index is 2.50. The van der Waals surface area contributed by atoms with E-state index >= 15 is 0 Å². The lowest BCUT2D eigenvalue weighted by Crippen LogP contribution is -2.25. The van der Waals surface area contributed by atoms with Crippen LogP contribution in [-0.4, -0.2) is 32.4 Å². The fraction of sp³-hybridized carbons (Fsp3) is 0.833. The van der Waals surface area contributed by atoms with Gasteiger partial charge in [0.1, 0.15) is 0 Å². The maximum absolute atomic E-state index is 11.9. The van der Waals surface area contributed by atoms with E-state index in [-0.39, 0.29) is 5.95 Å². The largest absolute Gasteiger partial charge is 0.391 e. The van der Waals surface area contributed by atoms with Crippen LogP contribution in [0.4, 0.5) is 19.1 Å². The SMILES string of the molecule is CC(CC(F)(F)F)Nc1nnnn1C. The summed E-state index contributed by atoms with van der Waals surface area (Å²) in [6.07, 6.45) is -5.10. The molecule has 14 heavy (non-hydrogen) atoms. The van der Waals surface area contributed by atoms with Gasteiger partial charge in [0.2, 0.25) is 5.95 Å². The normalized spacial score (nSPS) is 14.1. The predicted molar refractivity (Wildman–Crippen MR) is 42.6 cm³/mol. The molecule has 1 rings (SSSR count). The van der Waals surface area contributed by atoms with Gasteiger partial charge >= 0.3 is 6.18 Å². The Bertz CT molecular complexity index is 294. The van der Waals surface area contributed by atoms with Crippen molar-refractivity contribution >= 4 is 5.95 Å². The molecule has 0 spiro atoms. The van der Waals surface area contributed by atoms with E-state index in [9.17, 15) is 13.2 Å². The lowest BCUT2D eigenvalue weighted by atomic mass is 10.2. The van der Waals surface area contributed by atoms with E-state index in [0.717, 1.165) is 0 Å². The molecule has 0 aliphatic heterocycles. The highest BCUT2D eigenvalue weighted by Crippen LogP contribution is 2.22. The number of hydrogen-bond donors (Lipinski definition) is 1. The Morgan fingerprint density at radius 3 is 2.57 bits per heavy atom. The molecule has 1 atom stereocenters. The molecule has 5 nitrogen and oxygen atoms in total. The first kappa shape index (κ1) is 10.7. The first-order valence-electron chi connectivity index (χ1n) is 3.94. The van der Waals surface area contributed by atoms with Crippen molar-refractivity contribution in [3.63, 3.8) is 0 Å². The maximum Gasteiger partial charge on any atom is 0.391 e. The third-order valence-electron chi connectivity index (χ3n) is 1.53. The minimum Gasteiger partial charge on any atom is -0.350 e. The number of halogens is 3. The number of tetrazole rings is 1. The predicted octanol–water partition coefficient (Wildman–Crippen LogP) is 0.963. The Kier molecular flexibility index (Phi) is 2.92. The summed E-state index contributed by atoms with van der Waals surface area (Å²) in [5, 5.41) is 12.8. The lowest BCUT2D eigenvalue weighted by Gasteiger charge is -2.15. The summed E-state index contributed by atoms with van der Waals surface area (Å²) in [5.74, 6) is 0.224. The Morgan fingerprint density at radius 2 is 2.14 bits per heavy atom. The van der Waals surface area contributed by atoms with Gasteiger partial charge in [-0.25, -0.2) is 4.68 Å². The highest BCUT2D eigenvalue weighted by atomic mass is 19.4. The first-order chi connectivity index (χ1) is 6.38. The zero-order valence-corrected chi connectivity index (χ0v) is 7.71. The quantitative estimate of drug-likeness (QED) is 0.805. The zero-order chi connectivity index (χ0) is 10.8. The van der Waals surface area contributed by atoms with Gasteiger partial charge in [-0.1, -0.05) is 5.10 Å². The topological polar surface area (TPSA) is 55.6 Å². The summed E-state index contributed by atoms with van der Waals surface area (Å²) in [6, 6.07) is -0.750. The minimum atomic E-state index is -4.18. The second kappa shape index (κ2) is 3.81. The maximum atomic E-state index is 11.9. The zero-order valence-electron chi connectivity index (χ0n) is 7.71. The smallest absolute Gasteiger partial charge is 0.350 e. The fourth-order valence-corrected chi connectivity index (χ4v) is 0.970. The van der Waals surface area contributed by atoms with Crippen LogP contribution in [0.1, 0.15) is 13.3 Å². The van der Waals surface area contributed by atoms with Crippen LogP contribution in [0.2, 0.25) is 0 Å². The van der Waals surface area contributed by atoms with Crippen molar-refractivity contribution in [2.24, 2.45) is 7.05 Å². The summed E-state index contributed by atoms with van der Waals surface area (Å²) >= 11 is 0. The molecule has 0 amide bonds. The number of aryl methyl sites for hydroxylation is 1. The van der Waals surface area contributed by atoms with Gasteiger partial charge < -0.3 is 5.32 Å². The summed E-state index contributed by atoms with van der Waals surface area (Å²) in [4.78, 5) is 0. The van der Waals surface area contributed by atoms with Crippen LogP contribution in [0.5, 0.6) is 0 Å². The summed E-state index contributed by atoms with van der Waals surface area (Å²) in [6.45, 7) is 1.42. The fourth-order valence-electron chi connectivity index (χ4n) is 0.970. The third kappa shape index (κ3) is 3.19. The number of alkyl halides is 3. The molecule has 0 fully saturated rings. The molecule has 0 aliphatic rings. The van der Waals surface area contributed by atoms with E-state index in [1.807, 2.05) is 0 Å². The van der Waals surface area contributed by atoms with Crippen molar-refractivity contribution in [3.8, 4) is 0 Å². The van der Waals surface area contributed by atoms with E-state index in [0.29, 0.717) is 0 Å². The number of nitrogens with zero attached hydrogens (tertiary/aromatic N) is 4. The molecule has 0 saturated heterocycles. The van der Waals surface area contributed by atoms with Crippen LogP contribution >= 0.6 is 0 Å². The van der Waals surface area contributed by atoms with Gasteiger partial charge in [0.15, 0.2) is 0 Å². The number of nitrogens with one attached hydrogen (secondary N) is 1. The van der Waals surface area contributed by atoms with Crippen LogP contribution in [0, 0.1) is 0 Å².